The van der Waals surface area contributed by atoms with Crippen LogP contribution < -0.4 is 0 Å². The molecular formula is C18H16O. The molecule has 0 aliphatic carbocycles. The van der Waals surface area contributed by atoms with Crippen LogP contribution in [-0.2, 0) is 0 Å². The van der Waals surface area contributed by atoms with Gasteiger partial charge in [-0.3, -0.25) is 4.79 Å². The largest absolute Gasteiger partial charge is 0.289 e. The fourth-order valence-electron chi connectivity index (χ4n) is 1.73. The number of ketones is 1. The van der Waals surface area contributed by atoms with Gasteiger partial charge in [0, 0.05) is 5.56 Å². The molecule has 94 valence electrons. The molecule has 19 heavy (non-hydrogen) atoms. The zero-order valence-electron chi connectivity index (χ0n) is 10.9. The van der Waals surface area contributed by atoms with Gasteiger partial charge in [0.05, 0.1) is 0 Å². The van der Waals surface area contributed by atoms with Crippen LogP contribution in [0.3, 0.4) is 0 Å². The van der Waals surface area contributed by atoms with Gasteiger partial charge < -0.3 is 0 Å². The highest BCUT2D eigenvalue weighted by molar-refractivity contribution is 6.05. The topological polar surface area (TPSA) is 17.1 Å². The van der Waals surface area contributed by atoms with E-state index >= 15 is 0 Å². The number of carbonyl (C=O) groups excluding carboxylic acids is 1. The Balaban J connectivity index is 2.08. The monoisotopic (exact) mass is 248 g/mol. The summed E-state index contributed by atoms with van der Waals surface area (Å²) >= 11 is 0. The van der Waals surface area contributed by atoms with Crippen molar-refractivity contribution in [1.82, 2.24) is 0 Å². The third kappa shape index (κ3) is 4.07. The van der Waals surface area contributed by atoms with E-state index in [0.717, 1.165) is 16.7 Å². The van der Waals surface area contributed by atoms with Gasteiger partial charge in [-0.1, -0.05) is 72.8 Å². The van der Waals surface area contributed by atoms with Crippen molar-refractivity contribution in [2.75, 3.05) is 0 Å². The maximum absolute atomic E-state index is 12.0. The van der Waals surface area contributed by atoms with E-state index in [0.29, 0.717) is 0 Å². The minimum atomic E-state index is 0.0378. The van der Waals surface area contributed by atoms with Crippen LogP contribution in [0.5, 0.6) is 0 Å². The summed E-state index contributed by atoms with van der Waals surface area (Å²) in [6, 6.07) is 19.3. The summed E-state index contributed by atoms with van der Waals surface area (Å²) in [6.45, 7) is 1.93. The molecule has 0 spiro atoms. The van der Waals surface area contributed by atoms with Crippen molar-refractivity contribution in [3.63, 3.8) is 0 Å². The summed E-state index contributed by atoms with van der Waals surface area (Å²) in [6.07, 6.45) is 5.62. The molecule has 1 nitrogen and oxygen atoms in total. The lowest BCUT2D eigenvalue weighted by Gasteiger charge is -1.96. The Kier molecular flexibility index (Phi) is 4.46. The Morgan fingerprint density at radius 2 is 1.47 bits per heavy atom. The van der Waals surface area contributed by atoms with Crippen LogP contribution in [0.4, 0.5) is 0 Å². The second kappa shape index (κ2) is 6.50. The first-order valence-corrected chi connectivity index (χ1v) is 6.26. The average Bonchev–Trinajstić information content (AvgIpc) is 2.47. The Labute approximate surface area is 113 Å². The first kappa shape index (κ1) is 13.0. The fourth-order valence-corrected chi connectivity index (χ4v) is 1.73. The summed E-state index contributed by atoms with van der Waals surface area (Å²) in [4.78, 5) is 12.0. The molecule has 2 rings (SSSR count). The molecule has 0 N–H and O–H groups in total. The molecule has 0 heterocycles. The van der Waals surface area contributed by atoms with Crippen LogP contribution >= 0.6 is 0 Å². The van der Waals surface area contributed by atoms with Gasteiger partial charge in [-0.05, 0) is 24.1 Å². The molecule has 2 aromatic carbocycles. The smallest absolute Gasteiger partial charge is 0.186 e. The van der Waals surface area contributed by atoms with Gasteiger partial charge in [0.25, 0.3) is 0 Å². The van der Waals surface area contributed by atoms with Crippen molar-refractivity contribution in [3.8, 4) is 0 Å². The first-order valence-electron chi connectivity index (χ1n) is 6.26. The van der Waals surface area contributed by atoms with E-state index in [4.69, 9.17) is 0 Å². The van der Waals surface area contributed by atoms with Crippen molar-refractivity contribution in [1.29, 1.82) is 0 Å². The normalized spacial score (nSPS) is 11.7. The lowest BCUT2D eigenvalue weighted by atomic mass is 10.1. The van der Waals surface area contributed by atoms with E-state index in [-0.39, 0.29) is 5.78 Å². The molecule has 0 aliphatic rings. The molecule has 0 bridgehead atoms. The van der Waals surface area contributed by atoms with E-state index in [1.54, 1.807) is 6.08 Å². The molecule has 0 aromatic heterocycles. The molecule has 0 fully saturated rings. The van der Waals surface area contributed by atoms with Gasteiger partial charge in [-0.2, -0.15) is 0 Å². The molecule has 0 aliphatic heterocycles. The SMILES string of the molecule is CC(/C=C/c1ccccc1)=C\C(=O)c1ccccc1. The average molecular weight is 248 g/mol. The van der Waals surface area contributed by atoms with Gasteiger partial charge in [0.1, 0.15) is 0 Å². The summed E-state index contributed by atoms with van der Waals surface area (Å²) in [5, 5.41) is 0. The second-order valence-corrected chi connectivity index (χ2v) is 4.36. The lowest BCUT2D eigenvalue weighted by molar-refractivity contribution is 0.104. The predicted molar refractivity (Wildman–Crippen MR) is 80.0 cm³/mol. The van der Waals surface area contributed by atoms with E-state index in [1.807, 2.05) is 79.7 Å². The van der Waals surface area contributed by atoms with Crippen LogP contribution in [-0.4, -0.2) is 5.78 Å². The number of benzene rings is 2. The van der Waals surface area contributed by atoms with Crippen LogP contribution in [0, 0.1) is 0 Å². The number of hydrogen-bond acceptors (Lipinski definition) is 1. The Morgan fingerprint density at radius 3 is 2.11 bits per heavy atom. The summed E-state index contributed by atoms with van der Waals surface area (Å²) in [5.74, 6) is 0.0378. The van der Waals surface area contributed by atoms with Crippen molar-refractivity contribution >= 4 is 11.9 Å². The maximum atomic E-state index is 12.0. The Hall–Kier alpha value is -2.41. The molecule has 2 aromatic rings. The minimum Gasteiger partial charge on any atom is -0.289 e. The van der Waals surface area contributed by atoms with E-state index < -0.39 is 0 Å². The van der Waals surface area contributed by atoms with Crippen LogP contribution in [0.15, 0.2) is 78.4 Å². The maximum Gasteiger partial charge on any atom is 0.186 e. The van der Waals surface area contributed by atoms with E-state index in [1.165, 1.54) is 0 Å². The quantitative estimate of drug-likeness (QED) is 0.441. The van der Waals surface area contributed by atoms with Crippen LogP contribution in [0.25, 0.3) is 6.08 Å². The predicted octanol–water partition coefficient (Wildman–Crippen LogP) is 4.53. The number of rotatable bonds is 4. The molecule has 0 amide bonds. The van der Waals surface area contributed by atoms with Gasteiger partial charge >= 0.3 is 0 Å². The van der Waals surface area contributed by atoms with Crippen molar-refractivity contribution in [3.05, 3.63) is 89.5 Å². The van der Waals surface area contributed by atoms with E-state index in [2.05, 4.69) is 0 Å². The molecule has 1 heteroatoms. The molecule has 0 radical (unpaired) electrons. The van der Waals surface area contributed by atoms with Crippen molar-refractivity contribution in [2.45, 2.75) is 6.92 Å². The van der Waals surface area contributed by atoms with Gasteiger partial charge in [-0.15, -0.1) is 0 Å². The molecular weight excluding hydrogens is 232 g/mol. The van der Waals surface area contributed by atoms with Gasteiger partial charge in [0.2, 0.25) is 0 Å². The molecule has 0 atom stereocenters. The molecule has 0 unspecified atom stereocenters. The number of carbonyl (C=O) groups is 1. The van der Waals surface area contributed by atoms with Gasteiger partial charge in [-0.25, -0.2) is 0 Å². The standard InChI is InChI=1S/C18H16O/c1-15(12-13-16-8-4-2-5-9-16)14-18(19)17-10-6-3-7-11-17/h2-14H,1H3/b13-12+,15-14+. The first-order chi connectivity index (χ1) is 9.25. The number of hydrogen-bond donors (Lipinski definition) is 0. The Bertz CT molecular complexity index is 592. The lowest BCUT2D eigenvalue weighted by Crippen LogP contribution is -1.94. The third-order valence-electron chi connectivity index (χ3n) is 2.76. The van der Waals surface area contributed by atoms with Crippen LogP contribution in [0.2, 0.25) is 0 Å². The Morgan fingerprint density at radius 1 is 0.895 bits per heavy atom. The molecule has 0 saturated heterocycles. The van der Waals surface area contributed by atoms with Crippen molar-refractivity contribution in [2.24, 2.45) is 0 Å². The molecule has 0 saturated carbocycles. The third-order valence-corrected chi connectivity index (χ3v) is 2.76. The zero-order chi connectivity index (χ0) is 13.5. The minimum absolute atomic E-state index is 0.0378. The summed E-state index contributed by atoms with van der Waals surface area (Å²) in [7, 11) is 0. The highest BCUT2D eigenvalue weighted by Gasteiger charge is 2.00. The summed E-state index contributed by atoms with van der Waals surface area (Å²) in [5.41, 5.74) is 2.79. The highest BCUT2D eigenvalue weighted by atomic mass is 16.1. The second-order valence-electron chi connectivity index (χ2n) is 4.36. The van der Waals surface area contributed by atoms with Crippen LogP contribution in [0.1, 0.15) is 22.8 Å². The zero-order valence-corrected chi connectivity index (χ0v) is 10.9. The fraction of sp³-hybridized carbons (Fsp3) is 0.0556. The summed E-state index contributed by atoms with van der Waals surface area (Å²) < 4.78 is 0. The van der Waals surface area contributed by atoms with E-state index in [9.17, 15) is 4.79 Å². The highest BCUT2D eigenvalue weighted by Crippen LogP contribution is 2.07. The van der Waals surface area contributed by atoms with Crippen molar-refractivity contribution < 1.29 is 4.79 Å². The van der Waals surface area contributed by atoms with Gasteiger partial charge in [0.15, 0.2) is 5.78 Å². The number of allylic oxidation sites excluding steroid dienone is 3.